The smallest absolute Gasteiger partial charge is 0.150 e. The van der Waals surface area contributed by atoms with Crippen LogP contribution in [0.4, 0.5) is 0 Å². The maximum absolute atomic E-state index is 11.4. The third-order valence-electron chi connectivity index (χ3n) is 3.40. The van der Waals surface area contributed by atoms with Gasteiger partial charge in [0.25, 0.3) is 0 Å². The van der Waals surface area contributed by atoms with Crippen LogP contribution in [0.15, 0.2) is 6.20 Å². The fraction of sp³-hybridized carbons (Fsp3) is 0.727. The second kappa shape index (κ2) is 5.19. The summed E-state index contributed by atoms with van der Waals surface area (Å²) < 4.78 is 24.6. The Labute approximate surface area is 112 Å². The Kier molecular flexibility index (Phi) is 3.99. The van der Waals surface area contributed by atoms with Gasteiger partial charge in [-0.3, -0.25) is 4.68 Å². The highest BCUT2D eigenvalue weighted by atomic mass is 35.5. The lowest BCUT2D eigenvalue weighted by atomic mass is 9.98. The lowest BCUT2D eigenvalue weighted by Crippen LogP contribution is -2.20. The monoisotopic (exact) mass is 291 g/mol. The van der Waals surface area contributed by atoms with Crippen molar-refractivity contribution in [2.45, 2.75) is 32.4 Å². The fourth-order valence-corrected chi connectivity index (χ4v) is 4.68. The molecule has 2 N–H and O–H groups in total. The van der Waals surface area contributed by atoms with Gasteiger partial charge < -0.3 is 5.73 Å². The predicted molar refractivity (Wildman–Crippen MR) is 71.2 cm³/mol. The molecule has 0 saturated carbocycles. The van der Waals surface area contributed by atoms with Gasteiger partial charge in [-0.1, -0.05) is 11.6 Å². The first-order valence-electron chi connectivity index (χ1n) is 6.10. The van der Waals surface area contributed by atoms with Crippen molar-refractivity contribution in [3.63, 3.8) is 0 Å². The summed E-state index contributed by atoms with van der Waals surface area (Å²) in [4.78, 5) is 0. The van der Waals surface area contributed by atoms with E-state index in [0.29, 0.717) is 24.4 Å². The Bertz CT molecular complexity index is 526. The molecule has 18 heavy (non-hydrogen) atoms. The first kappa shape index (κ1) is 13.8. The summed E-state index contributed by atoms with van der Waals surface area (Å²) in [5.74, 6) is 0.672. The highest BCUT2D eigenvalue weighted by Gasteiger charge is 2.30. The molecule has 0 bridgehead atoms. The molecular weight excluding hydrogens is 274 g/mol. The van der Waals surface area contributed by atoms with Crippen LogP contribution in [0, 0.1) is 5.92 Å². The Balaban J connectivity index is 2.08. The van der Waals surface area contributed by atoms with Gasteiger partial charge in [0, 0.05) is 12.6 Å². The molecule has 1 aromatic heterocycles. The first-order valence-corrected chi connectivity index (χ1v) is 8.30. The summed E-state index contributed by atoms with van der Waals surface area (Å²) in [7, 11) is -2.85. The van der Waals surface area contributed by atoms with Crippen molar-refractivity contribution < 1.29 is 8.42 Å². The second-order valence-corrected chi connectivity index (χ2v) is 7.44. The number of hydrogen-bond acceptors (Lipinski definition) is 4. The Morgan fingerprint density at radius 2 is 2.39 bits per heavy atom. The Hall–Kier alpha value is -0.590. The minimum Gasteiger partial charge on any atom is -0.323 e. The van der Waals surface area contributed by atoms with Gasteiger partial charge in [0.2, 0.25) is 0 Å². The van der Waals surface area contributed by atoms with Crippen LogP contribution in [0.2, 0.25) is 5.02 Å². The van der Waals surface area contributed by atoms with Crippen molar-refractivity contribution >= 4 is 21.4 Å². The maximum Gasteiger partial charge on any atom is 0.150 e. The number of aryl methyl sites for hydroxylation is 1. The van der Waals surface area contributed by atoms with E-state index >= 15 is 0 Å². The molecule has 2 rings (SSSR count). The van der Waals surface area contributed by atoms with Gasteiger partial charge >= 0.3 is 0 Å². The van der Waals surface area contributed by atoms with Crippen LogP contribution in [0.25, 0.3) is 0 Å². The van der Waals surface area contributed by atoms with Crippen LogP contribution >= 0.6 is 11.6 Å². The minimum atomic E-state index is -2.85. The molecule has 1 aliphatic rings. The average Bonchev–Trinajstić information content (AvgIpc) is 2.81. The zero-order chi connectivity index (χ0) is 13.3. The van der Waals surface area contributed by atoms with Crippen LogP contribution in [0.1, 0.15) is 31.5 Å². The van der Waals surface area contributed by atoms with Crippen molar-refractivity contribution in [2.24, 2.45) is 11.7 Å². The van der Waals surface area contributed by atoms with Gasteiger partial charge in [-0.25, -0.2) is 8.42 Å². The van der Waals surface area contributed by atoms with Gasteiger partial charge in [-0.05, 0) is 25.7 Å². The molecule has 2 heterocycles. The average molecular weight is 292 g/mol. The van der Waals surface area contributed by atoms with E-state index < -0.39 is 9.84 Å². The van der Waals surface area contributed by atoms with E-state index in [-0.39, 0.29) is 23.5 Å². The lowest BCUT2D eigenvalue weighted by Gasteiger charge is -2.17. The number of rotatable bonds is 4. The Morgan fingerprint density at radius 3 is 2.94 bits per heavy atom. The van der Waals surface area contributed by atoms with Crippen molar-refractivity contribution in [1.82, 2.24) is 9.78 Å². The topological polar surface area (TPSA) is 78.0 Å². The van der Waals surface area contributed by atoms with E-state index in [9.17, 15) is 8.42 Å². The molecule has 1 saturated heterocycles. The molecule has 2 unspecified atom stereocenters. The van der Waals surface area contributed by atoms with Gasteiger partial charge in [0.15, 0.2) is 9.84 Å². The lowest BCUT2D eigenvalue weighted by molar-refractivity contribution is 0.455. The van der Waals surface area contributed by atoms with E-state index in [4.69, 9.17) is 17.3 Å². The van der Waals surface area contributed by atoms with Crippen molar-refractivity contribution in [1.29, 1.82) is 0 Å². The van der Waals surface area contributed by atoms with Crippen LogP contribution in [0.5, 0.6) is 0 Å². The Morgan fingerprint density at radius 1 is 1.67 bits per heavy atom. The van der Waals surface area contributed by atoms with Crippen LogP contribution in [-0.2, 0) is 16.4 Å². The van der Waals surface area contributed by atoms with Crippen molar-refractivity contribution in [2.75, 3.05) is 11.5 Å². The standard InChI is InChI=1S/C11H18ClN3O2S/c1-2-15-11(9(12)6-14-15)10(13)5-8-3-4-18(16,17)7-8/h6,8,10H,2-5,7,13H2,1H3. The predicted octanol–water partition coefficient (Wildman–Crippen LogP) is 1.38. The molecule has 1 fully saturated rings. The van der Waals surface area contributed by atoms with Crippen LogP contribution in [0.3, 0.4) is 0 Å². The molecule has 2 atom stereocenters. The number of hydrogen-bond donors (Lipinski definition) is 1. The van der Waals surface area contributed by atoms with Crippen LogP contribution in [-0.4, -0.2) is 29.7 Å². The molecule has 5 nitrogen and oxygen atoms in total. The van der Waals surface area contributed by atoms with E-state index in [1.54, 1.807) is 10.9 Å². The zero-order valence-corrected chi connectivity index (χ0v) is 11.9. The van der Waals surface area contributed by atoms with E-state index in [0.717, 1.165) is 5.69 Å². The molecular formula is C11H18ClN3O2S. The molecule has 0 aliphatic carbocycles. The zero-order valence-electron chi connectivity index (χ0n) is 10.3. The van der Waals surface area contributed by atoms with Crippen LogP contribution < -0.4 is 5.73 Å². The van der Waals surface area contributed by atoms with Crippen molar-refractivity contribution in [3.05, 3.63) is 16.9 Å². The van der Waals surface area contributed by atoms with Gasteiger partial charge in [-0.15, -0.1) is 0 Å². The quantitative estimate of drug-likeness (QED) is 0.909. The molecule has 7 heteroatoms. The number of aromatic nitrogens is 2. The van der Waals surface area contributed by atoms with E-state index in [1.165, 1.54) is 0 Å². The summed E-state index contributed by atoms with van der Waals surface area (Å²) in [5.41, 5.74) is 6.95. The summed E-state index contributed by atoms with van der Waals surface area (Å²) in [6.45, 7) is 2.68. The highest BCUT2D eigenvalue weighted by molar-refractivity contribution is 7.91. The summed E-state index contributed by atoms with van der Waals surface area (Å²) >= 11 is 6.08. The highest BCUT2D eigenvalue weighted by Crippen LogP contribution is 2.30. The number of nitrogens with two attached hydrogens (primary N) is 1. The molecule has 0 radical (unpaired) electrons. The maximum atomic E-state index is 11.4. The number of halogens is 1. The normalized spacial score (nSPS) is 24.3. The molecule has 0 aromatic carbocycles. The first-order chi connectivity index (χ1) is 8.43. The summed E-state index contributed by atoms with van der Waals surface area (Å²) in [6.07, 6.45) is 2.93. The van der Waals surface area contributed by atoms with E-state index in [1.807, 2.05) is 6.92 Å². The molecule has 102 valence electrons. The van der Waals surface area contributed by atoms with Gasteiger partial charge in [0.05, 0.1) is 28.4 Å². The SMILES string of the molecule is CCn1ncc(Cl)c1C(N)CC1CCS(=O)(=O)C1. The minimum absolute atomic E-state index is 0.140. The molecule has 0 amide bonds. The number of sulfone groups is 1. The largest absolute Gasteiger partial charge is 0.323 e. The van der Waals surface area contributed by atoms with E-state index in [2.05, 4.69) is 5.10 Å². The third-order valence-corrected chi connectivity index (χ3v) is 5.53. The third kappa shape index (κ3) is 2.87. The molecule has 1 aromatic rings. The summed E-state index contributed by atoms with van der Waals surface area (Å²) in [6, 6.07) is -0.252. The van der Waals surface area contributed by atoms with Gasteiger partial charge in [-0.2, -0.15) is 5.10 Å². The molecule has 0 spiro atoms. The number of nitrogens with zero attached hydrogens (tertiary/aromatic N) is 2. The second-order valence-electron chi connectivity index (χ2n) is 4.80. The summed E-state index contributed by atoms with van der Waals surface area (Å²) in [5, 5.41) is 4.71. The van der Waals surface area contributed by atoms with Crippen molar-refractivity contribution in [3.8, 4) is 0 Å². The van der Waals surface area contributed by atoms with Gasteiger partial charge in [0.1, 0.15) is 0 Å². The molecule has 1 aliphatic heterocycles. The fourth-order valence-electron chi connectivity index (χ4n) is 2.52.